The van der Waals surface area contributed by atoms with Crippen molar-refractivity contribution in [3.63, 3.8) is 0 Å². The first-order valence-corrected chi connectivity index (χ1v) is 7.17. The van der Waals surface area contributed by atoms with Crippen molar-refractivity contribution in [2.45, 2.75) is 45.3 Å². The maximum Gasteiger partial charge on any atom is 0.123 e. The molecule has 0 amide bonds. The minimum Gasteiger partial charge on any atom is -0.496 e. The summed E-state index contributed by atoms with van der Waals surface area (Å²) < 4.78 is 5.43. The highest BCUT2D eigenvalue weighted by atomic mass is 16.5. The molecule has 1 aromatic carbocycles. The van der Waals surface area contributed by atoms with Crippen molar-refractivity contribution < 1.29 is 4.74 Å². The Balaban J connectivity index is 1.93. The van der Waals surface area contributed by atoms with Gasteiger partial charge in [-0.15, -0.1) is 0 Å². The molecule has 19 heavy (non-hydrogen) atoms. The van der Waals surface area contributed by atoms with Crippen LogP contribution in [0, 0.1) is 6.92 Å². The van der Waals surface area contributed by atoms with Gasteiger partial charge in [-0.3, -0.25) is 0 Å². The number of likely N-dealkylation sites (tertiary alicyclic amines) is 1. The quantitative estimate of drug-likeness (QED) is 0.902. The van der Waals surface area contributed by atoms with Crippen LogP contribution < -0.4 is 10.1 Å². The molecule has 2 rings (SSSR count). The zero-order valence-electron chi connectivity index (χ0n) is 12.6. The van der Waals surface area contributed by atoms with E-state index < -0.39 is 0 Å². The number of hydrogen-bond acceptors (Lipinski definition) is 3. The Morgan fingerprint density at radius 2 is 2.21 bits per heavy atom. The van der Waals surface area contributed by atoms with Crippen LogP contribution in [0.4, 0.5) is 0 Å². The van der Waals surface area contributed by atoms with E-state index in [-0.39, 0.29) is 0 Å². The van der Waals surface area contributed by atoms with Crippen LogP contribution in [0.3, 0.4) is 0 Å². The fourth-order valence-electron chi connectivity index (χ4n) is 2.77. The van der Waals surface area contributed by atoms with Gasteiger partial charge in [0, 0.05) is 24.2 Å². The second-order valence-electron chi connectivity index (χ2n) is 5.75. The standard InChI is InChI=1S/C16H26N2O/c1-12-5-6-16(19-4)14(9-12)11-17-15-7-8-18(3)13(2)10-15/h5-6,9,13,15,17H,7-8,10-11H2,1-4H3. The Hall–Kier alpha value is -1.06. The third-order valence-electron chi connectivity index (χ3n) is 4.23. The third kappa shape index (κ3) is 3.71. The normalized spacial score (nSPS) is 24.4. The monoisotopic (exact) mass is 262 g/mol. The van der Waals surface area contributed by atoms with Crippen LogP contribution in [-0.4, -0.2) is 37.7 Å². The zero-order valence-corrected chi connectivity index (χ0v) is 12.6. The maximum atomic E-state index is 5.43. The van der Waals surface area contributed by atoms with Crippen LogP contribution in [0.1, 0.15) is 30.9 Å². The Morgan fingerprint density at radius 3 is 2.89 bits per heavy atom. The van der Waals surface area contributed by atoms with Crippen LogP contribution in [0.2, 0.25) is 0 Å². The second-order valence-corrected chi connectivity index (χ2v) is 5.75. The van der Waals surface area contributed by atoms with Gasteiger partial charge in [0.25, 0.3) is 0 Å². The molecular formula is C16H26N2O. The highest BCUT2D eigenvalue weighted by Crippen LogP contribution is 2.21. The first-order chi connectivity index (χ1) is 9.10. The van der Waals surface area contributed by atoms with E-state index in [1.807, 2.05) is 0 Å². The Bertz CT molecular complexity index is 419. The van der Waals surface area contributed by atoms with Crippen molar-refractivity contribution in [2.24, 2.45) is 0 Å². The summed E-state index contributed by atoms with van der Waals surface area (Å²) in [6.07, 6.45) is 2.46. The molecule has 1 heterocycles. The minimum atomic E-state index is 0.622. The molecule has 0 spiro atoms. The second kappa shape index (κ2) is 6.40. The zero-order chi connectivity index (χ0) is 13.8. The lowest BCUT2D eigenvalue weighted by atomic mass is 9.98. The van der Waals surface area contributed by atoms with Gasteiger partial charge in [0.15, 0.2) is 0 Å². The molecule has 0 aromatic heterocycles. The van der Waals surface area contributed by atoms with E-state index in [0.717, 1.165) is 12.3 Å². The molecule has 0 bridgehead atoms. The van der Waals surface area contributed by atoms with Crippen molar-refractivity contribution in [1.82, 2.24) is 10.2 Å². The largest absolute Gasteiger partial charge is 0.496 e. The Morgan fingerprint density at radius 1 is 1.42 bits per heavy atom. The highest BCUT2D eigenvalue weighted by molar-refractivity contribution is 5.36. The number of rotatable bonds is 4. The first-order valence-electron chi connectivity index (χ1n) is 7.17. The smallest absolute Gasteiger partial charge is 0.123 e. The van der Waals surface area contributed by atoms with E-state index in [2.05, 4.69) is 49.3 Å². The van der Waals surface area contributed by atoms with E-state index in [1.54, 1.807) is 7.11 Å². The third-order valence-corrected chi connectivity index (χ3v) is 4.23. The van der Waals surface area contributed by atoms with Gasteiger partial charge in [-0.25, -0.2) is 0 Å². The van der Waals surface area contributed by atoms with Crippen molar-refractivity contribution in [3.05, 3.63) is 29.3 Å². The number of hydrogen-bond donors (Lipinski definition) is 1. The predicted octanol–water partition coefficient (Wildman–Crippen LogP) is 2.58. The lowest BCUT2D eigenvalue weighted by Crippen LogP contribution is -2.45. The number of aryl methyl sites for hydroxylation is 1. The van der Waals surface area contributed by atoms with E-state index in [1.165, 1.54) is 30.5 Å². The van der Waals surface area contributed by atoms with E-state index in [9.17, 15) is 0 Å². The number of benzene rings is 1. The lowest BCUT2D eigenvalue weighted by molar-refractivity contribution is 0.168. The SMILES string of the molecule is COc1ccc(C)cc1CNC1CCN(C)C(C)C1. The van der Waals surface area contributed by atoms with Gasteiger partial charge in [0.2, 0.25) is 0 Å². The fourth-order valence-corrected chi connectivity index (χ4v) is 2.77. The Labute approximate surface area is 116 Å². The summed E-state index contributed by atoms with van der Waals surface area (Å²) in [5, 5.41) is 3.68. The van der Waals surface area contributed by atoms with Crippen molar-refractivity contribution in [3.8, 4) is 5.75 Å². The summed E-state index contributed by atoms with van der Waals surface area (Å²) in [4.78, 5) is 2.44. The first kappa shape index (κ1) is 14.4. The lowest BCUT2D eigenvalue weighted by Gasteiger charge is -2.35. The molecule has 3 heteroatoms. The Kier molecular flexibility index (Phi) is 4.83. The van der Waals surface area contributed by atoms with Crippen molar-refractivity contribution in [2.75, 3.05) is 20.7 Å². The average molecular weight is 262 g/mol. The minimum absolute atomic E-state index is 0.622. The van der Waals surface area contributed by atoms with E-state index >= 15 is 0 Å². The molecule has 0 saturated carbocycles. The average Bonchev–Trinajstić information content (AvgIpc) is 2.40. The number of ether oxygens (including phenoxy) is 1. The van der Waals surface area contributed by atoms with Gasteiger partial charge in [-0.1, -0.05) is 17.7 Å². The summed E-state index contributed by atoms with van der Waals surface area (Å²) >= 11 is 0. The van der Waals surface area contributed by atoms with Gasteiger partial charge < -0.3 is 15.0 Å². The van der Waals surface area contributed by atoms with Crippen LogP contribution >= 0.6 is 0 Å². The number of nitrogens with zero attached hydrogens (tertiary/aromatic N) is 1. The number of piperidine rings is 1. The van der Waals surface area contributed by atoms with Crippen LogP contribution in [0.25, 0.3) is 0 Å². The van der Waals surface area contributed by atoms with Crippen LogP contribution in [-0.2, 0) is 6.54 Å². The summed E-state index contributed by atoms with van der Waals surface area (Å²) in [7, 11) is 3.95. The van der Waals surface area contributed by atoms with Crippen LogP contribution in [0.5, 0.6) is 5.75 Å². The topological polar surface area (TPSA) is 24.5 Å². The molecule has 0 aliphatic carbocycles. The summed E-state index contributed by atoms with van der Waals surface area (Å²) in [5.74, 6) is 0.985. The maximum absolute atomic E-state index is 5.43. The van der Waals surface area contributed by atoms with Crippen molar-refractivity contribution in [1.29, 1.82) is 0 Å². The molecule has 1 aliphatic heterocycles. The summed E-state index contributed by atoms with van der Waals surface area (Å²) in [5.41, 5.74) is 2.54. The van der Waals surface area contributed by atoms with Gasteiger partial charge >= 0.3 is 0 Å². The fraction of sp³-hybridized carbons (Fsp3) is 0.625. The number of methoxy groups -OCH3 is 1. The molecule has 1 fully saturated rings. The molecule has 2 unspecified atom stereocenters. The van der Waals surface area contributed by atoms with Gasteiger partial charge in [0.05, 0.1) is 7.11 Å². The van der Waals surface area contributed by atoms with Crippen LogP contribution in [0.15, 0.2) is 18.2 Å². The van der Waals surface area contributed by atoms with Gasteiger partial charge in [-0.2, -0.15) is 0 Å². The van der Waals surface area contributed by atoms with Gasteiger partial charge in [0.1, 0.15) is 5.75 Å². The molecule has 3 nitrogen and oxygen atoms in total. The number of nitrogens with one attached hydrogen (secondary N) is 1. The molecule has 0 radical (unpaired) electrons. The molecule has 1 N–H and O–H groups in total. The molecule has 1 saturated heterocycles. The molecule has 2 atom stereocenters. The van der Waals surface area contributed by atoms with E-state index in [0.29, 0.717) is 12.1 Å². The molecule has 1 aromatic rings. The molecule has 1 aliphatic rings. The summed E-state index contributed by atoms with van der Waals surface area (Å²) in [6, 6.07) is 7.66. The highest BCUT2D eigenvalue weighted by Gasteiger charge is 2.22. The predicted molar refractivity (Wildman–Crippen MR) is 79.7 cm³/mol. The van der Waals surface area contributed by atoms with Crippen molar-refractivity contribution >= 4 is 0 Å². The summed E-state index contributed by atoms with van der Waals surface area (Å²) in [6.45, 7) is 6.51. The molecular weight excluding hydrogens is 236 g/mol. The van der Waals surface area contributed by atoms with Gasteiger partial charge in [-0.05, 0) is 46.3 Å². The molecule has 106 valence electrons. The van der Waals surface area contributed by atoms with E-state index in [4.69, 9.17) is 4.74 Å².